The molecule has 0 N–H and O–H groups in total. The Morgan fingerprint density at radius 1 is 1.05 bits per heavy atom. The summed E-state index contributed by atoms with van der Waals surface area (Å²) >= 11 is 0. The lowest BCUT2D eigenvalue weighted by atomic mass is 9.81. The Bertz CT molecular complexity index is 546. The number of benzene rings is 1. The van der Waals surface area contributed by atoms with E-state index in [0.29, 0.717) is 0 Å². The highest BCUT2D eigenvalue weighted by atomic mass is 16.5. The zero-order chi connectivity index (χ0) is 15.6. The molecule has 2 rings (SSSR count). The average Bonchev–Trinajstić information content (AvgIpc) is 2.59. The first-order chi connectivity index (χ1) is 10.8. The monoisotopic (exact) mass is 294 g/mol. The second-order valence-corrected chi connectivity index (χ2v) is 5.94. The van der Waals surface area contributed by atoms with Gasteiger partial charge in [0.2, 0.25) is 0 Å². The molecule has 1 saturated carbocycles. The molecule has 1 heteroatoms. The topological polar surface area (TPSA) is 9.23 Å². The quantitative estimate of drug-likeness (QED) is 0.668. The fraction of sp³-hybridized carbons (Fsp3) is 0.429. The van der Waals surface area contributed by atoms with Crippen molar-refractivity contribution in [3.63, 3.8) is 0 Å². The third-order valence-electron chi connectivity index (χ3n) is 4.48. The van der Waals surface area contributed by atoms with Gasteiger partial charge in [0.15, 0.2) is 0 Å². The molecule has 1 nitrogen and oxygen atoms in total. The van der Waals surface area contributed by atoms with Gasteiger partial charge in [-0.15, -0.1) is 0 Å². The number of hydrogen-bond donors (Lipinski definition) is 0. The third-order valence-corrected chi connectivity index (χ3v) is 4.48. The van der Waals surface area contributed by atoms with E-state index in [4.69, 9.17) is 4.74 Å². The fourth-order valence-corrected chi connectivity index (χ4v) is 2.92. The average molecular weight is 294 g/mol. The minimum Gasteiger partial charge on any atom is -0.497 e. The van der Waals surface area contributed by atoms with Crippen LogP contribution in [0.4, 0.5) is 0 Å². The molecule has 1 aromatic carbocycles. The number of hydrogen-bond acceptors (Lipinski definition) is 1. The maximum absolute atomic E-state index is 5.14. The molecule has 0 unspecified atom stereocenters. The second kappa shape index (κ2) is 9.15. The molecule has 1 aliphatic rings. The molecule has 0 aromatic heterocycles. The van der Waals surface area contributed by atoms with Gasteiger partial charge in [-0.2, -0.15) is 0 Å². The first-order valence-corrected chi connectivity index (χ1v) is 8.30. The Hall–Kier alpha value is -1.94. The summed E-state index contributed by atoms with van der Waals surface area (Å²) in [7, 11) is 1.68. The zero-order valence-electron chi connectivity index (χ0n) is 13.7. The molecule has 1 aliphatic carbocycles. The fourth-order valence-electron chi connectivity index (χ4n) is 2.92. The molecule has 0 aliphatic heterocycles. The van der Waals surface area contributed by atoms with Crippen molar-refractivity contribution in [3.05, 3.63) is 48.1 Å². The molecule has 116 valence electrons. The highest BCUT2D eigenvalue weighted by molar-refractivity contribution is 5.54. The first-order valence-electron chi connectivity index (χ1n) is 8.30. The highest BCUT2D eigenvalue weighted by Crippen LogP contribution is 2.31. The van der Waals surface area contributed by atoms with E-state index < -0.39 is 0 Å². The Morgan fingerprint density at radius 2 is 1.73 bits per heavy atom. The van der Waals surface area contributed by atoms with Crippen molar-refractivity contribution in [1.82, 2.24) is 0 Å². The van der Waals surface area contributed by atoms with Crippen LogP contribution in [-0.2, 0) is 0 Å². The minimum atomic E-state index is 0.739. The lowest BCUT2D eigenvalue weighted by Gasteiger charge is -2.25. The van der Waals surface area contributed by atoms with Gasteiger partial charge < -0.3 is 4.74 Å². The van der Waals surface area contributed by atoms with Crippen LogP contribution in [0, 0.1) is 23.7 Å². The van der Waals surface area contributed by atoms with E-state index in [0.717, 1.165) is 23.1 Å². The summed E-state index contributed by atoms with van der Waals surface area (Å²) in [5, 5.41) is 0. The van der Waals surface area contributed by atoms with Crippen molar-refractivity contribution >= 4 is 6.08 Å². The SMILES string of the molecule is CC[C@H]1CC[C@H](/C=C/C#C/C=C/c2ccc(OC)cc2)CC1. The van der Waals surface area contributed by atoms with Gasteiger partial charge in [-0.05, 0) is 73.4 Å². The lowest BCUT2D eigenvalue weighted by Crippen LogP contribution is -2.11. The summed E-state index contributed by atoms with van der Waals surface area (Å²) in [6.07, 6.45) is 15.0. The van der Waals surface area contributed by atoms with E-state index >= 15 is 0 Å². The van der Waals surface area contributed by atoms with Gasteiger partial charge in [0.1, 0.15) is 5.75 Å². The third kappa shape index (κ3) is 5.45. The van der Waals surface area contributed by atoms with Crippen LogP contribution in [0.2, 0.25) is 0 Å². The zero-order valence-corrected chi connectivity index (χ0v) is 13.7. The van der Waals surface area contributed by atoms with E-state index in [9.17, 15) is 0 Å². The molecule has 0 spiro atoms. The number of rotatable bonds is 4. The predicted octanol–water partition coefficient (Wildman–Crippen LogP) is 5.48. The summed E-state index contributed by atoms with van der Waals surface area (Å²) < 4.78 is 5.14. The van der Waals surface area contributed by atoms with Crippen LogP contribution in [-0.4, -0.2) is 7.11 Å². The van der Waals surface area contributed by atoms with Crippen molar-refractivity contribution in [3.8, 4) is 17.6 Å². The van der Waals surface area contributed by atoms with Crippen molar-refractivity contribution in [2.45, 2.75) is 39.0 Å². The lowest BCUT2D eigenvalue weighted by molar-refractivity contribution is 0.304. The van der Waals surface area contributed by atoms with E-state index in [1.54, 1.807) is 7.11 Å². The van der Waals surface area contributed by atoms with E-state index in [1.165, 1.54) is 32.1 Å². The van der Waals surface area contributed by atoms with Gasteiger partial charge in [0.05, 0.1) is 7.11 Å². The summed E-state index contributed by atoms with van der Waals surface area (Å²) in [4.78, 5) is 0. The molecule has 1 aromatic rings. The van der Waals surface area contributed by atoms with Gasteiger partial charge in [-0.1, -0.05) is 43.4 Å². The molecule has 0 atom stereocenters. The van der Waals surface area contributed by atoms with Crippen LogP contribution in [0.1, 0.15) is 44.6 Å². The summed E-state index contributed by atoms with van der Waals surface area (Å²) in [6.45, 7) is 2.31. The molecule has 1 fully saturated rings. The Kier molecular flexibility index (Phi) is 6.84. The van der Waals surface area contributed by atoms with Crippen LogP contribution < -0.4 is 4.74 Å². The van der Waals surface area contributed by atoms with Gasteiger partial charge in [0.25, 0.3) is 0 Å². The molecular weight excluding hydrogens is 268 g/mol. The smallest absolute Gasteiger partial charge is 0.118 e. The highest BCUT2D eigenvalue weighted by Gasteiger charge is 2.17. The summed E-state index contributed by atoms with van der Waals surface area (Å²) in [5.41, 5.74) is 1.14. The van der Waals surface area contributed by atoms with E-state index in [-0.39, 0.29) is 0 Å². The summed E-state index contributed by atoms with van der Waals surface area (Å²) in [6, 6.07) is 7.97. The maximum Gasteiger partial charge on any atom is 0.118 e. The van der Waals surface area contributed by atoms with Gasteiger partial charge in [-0.3, -0.25) is 0 Å². The molecule has 0 radical (unpaired) electrons. The van der Waals surface area contributed by atoms with Crippen molar-refractivity contribution < 1.29 is 4.74 Å². The minimum absolute atomic E-state index is 0.739. The Morgan fingerprint density at radius 3 is 2.36 bits per heavy atom. The molecular formula is C21H26O. The molecule has 0 bridgehead atoms. The molecule has 0 saturated heterocycles. The first kappa shape index (κ1) is 16.4. The molecule has 0 amide bonds. The molecule has 0 heterocycles. The Labute approximate surface area is 135 Å². The maximum atomic E-state index is 5.14. The van der Waals surface area contributed by atoms with Crippen LogP contribution in [0.5, 0.6) is 5.75 Å². The van der Waals surface area contributed by atoms with Gasteiger partial charge in [0, 0.05) is 0 Å². The largest absolute Gasteiger partial charge is 0.497 e. The number of methoxy groups -OCH3 is 1. The van der Waals surface area contributed by atoms with Crippen LogP contribution in [0.25, 0.3) is 6.08 Å². The normalized spacial score (nSPS) is 21.7. The van der Waals surface area contributed by atoms with Crippen molar-refractivity contribution in [1.29, 1.82) is 0 Å². The van der Waals surface area contributed by atoms with Gasteiger partial charge >= 0.3 is 0 Å². The second-order valence-electron chi connectivity index (χ2n) is 5.94. The number of allylic oxidation sites excluding steroid dienone is 3. The van der Waals surface area contributed by atoms with Crippen molar-refractivity contribution in [2.24, 2.45) is 11.8 Å². The van der Waals surface area contributed by atoms with E-state index in [2.05, 4.69) is 24.8 Å². The number of ether oxygens (including phenoxy) is 1. The summed E-state index contributed by atoms with van der Waals surface area (Å²) in [5.74, 6) is 8.76. The standard InChI is InChI=1S/C21H26O/c1-3-18-10-12-19(13-11-18)8-6-4-5-7-9-20-14-16-21(22-2)17-15-20/h6-9,14-19H,3,10-13H2,1-2H3/b8-6+,9-7+/t18-,19-. The van der Waals surface area contributed by atoms with Gasteiger partial charge in [-0.25, -0.2) is 0 Å². The predicted molar refractivity (Wildman–Crippen MR) is 94.7 cm³/mol. The molecule has 22 heavy (non-hydrogen) atoms. The van der Waals surface area contributed by atoms with Crippen LogP contribution in [0.3, 0.4) is 0 Å². The van der Waals surface area contributed by atoms with Crippen LogP contribution in [0.15, 0.2) is 42.5 Å². The Balaban J connectivity index is 1.76. The van der Waals surface area contributed by atoms with Crippen LogP contribution >= 0.6 is 0 Å². The van der Waals surface area contributed by atoms with E-state index in [1.807, 2.05) is 42.5 Å². The van der Waals surface area contributed by atoms with Crippen molar-refractivity contribution in [2.75, 3.05) is 7.11 Å².